The largest absolute Gasteiger partial charge is 0.497 e. The first-order valence-electron chi connectivity index (χ1n) is 4.96. The molecular weight excluding hydrogens is 230 g/mol. The molecule has 0 aliphatic carbocycles. The normalized spacial score (nSPS) is 23.4. The van der Waals surface area contributed by atoms with Gasteiger partial charge in [0.15, 0.2) is 0 Å². The van der Waals surface area contributed by atoms with Crippen LogP contribution in [0.3, 0.4) is 0 Å². The molecule has 5 heteroatoms. The van der Waals surface area contributed by atoms with Crippen molar-refractivity contribution in [3.05, 3.63) is 23.8 Å². The lowest BCUT2D eigenvalue weighted by molar-refractivity contribution is 0.144. The summed E-state index contributed by atoms with van der Waals surface area (Å²) in [5.41, 5.74) is 6.52. The van der Waals surface area contributed by atoms with Crippen LogP contribution in [0.1, 0.15) is 18.1 Å². The first kappa shape index (κ1) is 13.1. The van der Waals surface area contributed by atoms with Crippen molar-refractivity contribution in [3.63, 3.8) is 0 Å². The summed E-state index contributed by atoms with van der Waals surface area (Å²) in [4.78, 5) is 0. The predicted octanol–water partition coefficient (Wildman–Crippen LogP) is 1.26. The van der Waals surface area contributed by atoms with Gasteiger partial charge < -0.3 is 20.3 Å². The van der Waals surface area contributed by atoms with E-state index in [1.807, 2.05) is 6.07 Å². The highest BCUT2D eigenvalue weighted by atomic mass is 35.5. The summed E-state index contributed by atoms with van der Waals surface area (Å²) in [5.74, 6) is 1.39. The second kappa shape index (κ2) is 5.39. The number of methoxy groups -OCH3 is 1. The number of ether oxygens (including phenoxy) is 2. The summed E-state index contributed by atoms with van der Waals surface area (Å²) in [6, 6.07) is 5.10. The van der Waals surface area contributed by atoms with E-state index in [1.165, 1.54) is 0 Å². The van der Waals surface area contributed by atoms with E-state index >= 15 is 0 Å². The molecule has 1 aromatic carbocycles. The minimum atomic E-state index is -0.683. The third-order valence-corrected chi connectivity index (χ3v) is 2.65. The fourth-order valence-corrected chi connectivity index (χ4v) is 1.71. The molecule has 4 nitrogen and oxygen atoms in total. The lowest BCUT2D eigenvalue weighted by Crippen LogP contribution is -2.28. The Morgan fingerprint density at radius 1 is 1.50 bits per heavy atom. The van der Waals surface area contributed by atoms with E-state index in [-0.39, 0.29) is 18.4 Å². The van der Waals surface area contributed by atoms with Crippen LogP contribution in [0.15, 0.2) is 18.2 Å². The van der Waals surface area contributed by atoms with Crippen LogP contribution in [0.2, 0.25) is 0 Å². The molecule has 0 spiro atoms. The number of hydrogen-bond donors (Lipinski definition) is 2. The van der Waals surface area contributed by atoms with Crippen molar-refractivity contribution in [1.82, 2.24) is 0 Å². The van der Waals surface area contributed by atoms with Crippen molar-refractivity contribution in [2.75, 3.05) is 13.7 Å². The molecule has 0 aromatic heterocycles. The van der Waals surface area contributed by atoms with Gasteiger partial charge in [-0.3, -0.25) is 0 Å². The first-order chi connectivity index (χ1) is 7.22. The molecule has 0 saturated carbocycles. The average Bonchev–Trinajstić information content (AvgIpc) is 2.40. The molecule has 1 aromatic rings. The Hall–Kier alpha value is -0.970. The fourth-order valence-electron chi connectivity index (χ4n) is 1.71. The smallest absolute Gasteiger partial charge is 0.125 e. The molecule has 2 unspecified atom stereocenters. The van der Waals surface area contributed by atoms with Crippen LogP contribution in [0.4, 0.5) is 0 Å². The van der Waals surface area contributed by atoms with Crippen molar-refractivity contribution in [2.45, 2.75) is 18.6 Å². The van der Waals surface area contributed by atoms with E-state index in [2.05, 4.69) is 0 Å². The highest BCUT2D eigenvalue weighted by Gasteiger charge is 2.24. The van der Waals surface area contributed by atoms with E-state index < -0.39 is 6.10 Å². The van der Waals surface area contributed by atoms with Crippen LogP contribution in [0, 0.1) is 0 Å². The van der Waals surface area contributed by atoms with Crippen LogP contribution in [0.5, 0.6) is 11.5 Å². The van der Waals surface area contributed by atoms with Gasteiger partial charge in [-0.2, -0.15) is 0 Å². The van der Waals surface area contributed by atoms with Crippen molar-refractivity contribution >= 4 is 12.4 Å². The van der Waals surface area contributed by atoms with E-state index in [9.17, 15) is 5.11 Å². The van der Waals surface area contributed by atoms with Gasteiger partial charge in [0.2, 0.25) is 0 Å². The van der Waals surface area contributed by atoms with Gasteiger partial charge in [-0.1, -0.05) is 0 Å². The Morgan fingerprint density at radius 2 is 2.25 bits per heavy atom. The zero-order valence-corrected chi connectivity index (χ0v) is 9.87. The lowest BCUT2D eigenvalue weighted by atomic mass is 10.0. The summed E-state index contributed by atoms with van der Waals surface area (Å²) in [7, 11) is 1.59. The zero-order chi connectivity index (χ0) is 10.8. The predicted molar refractivity (Wildman–Crippen MR) is 63.3 cm³/mol. The van der Waals surface area contributed by atoms with E-state index in [0.29, 0.717) is 30.1 Å². The SMILES string of the molecule is COc1ccc2c(c1)C(O)C(N)CCO2.Cl. The number of benzene rings is 1. The summed E-state index contributed by atoms with van der Waals surface area (Å²) >= 11 is 0. The maximum Gasteiger partial charge on any atom is 0.125 e. The molecular formula is C11H16ClNO3. The summed E-state index contributed by atoms with van der Waals surface area (Å²) in [6.07, 6.45) is -0.0318. The Balaban J connectivity index is 0.00000128. The van der Waals surface area contributed by atoms with Gasteiger partial charge in [0.1, 0.15) is 11.5 Å². The molecule has 0 bridgehead atoms. The Bertz CT molecular complexity index is 359. The Kier molecular flexibility index (Phi) is 4.41. The van der Waals surface area contributed by atoms with Gasteiger partial charge in [-0.25, -0.2) is 0 Å². The fraction of sp³-hybridized carbons (Fsp3) is 0.455. The van der Waals surface area contributed by atoms with Crippen LogP contribution in [-0.4, -0.2) is 24.9 Å². The maximum absolute atomic E-state index is 9.97. The first-order valence-corrected chi connectivity index (χ1v) is 4.96. The topological polar surface area (TPSA) is 64.7 Å². The van der Waals surface area contributed by atoms with E-state index in [1.54, 1.807) is 19.2 Å². The number of halogens is 1. The van der Waals surface area contributed by atoms with Gasteiger partial charge in [0.25, 0.3) is 0 Å². The van der Waals surface area contributed by atoms with Crippen LogP contribution in [0.25, 0.3) is 0 Å². The zero-order valence-electron chi connectivity index (χ0n) is 9.05. The number of aliphatic hydroxyl groups excluding tert-OH is 1. The Labute approximate surface area is 101 Å². The molecule has 90 valence electrons. The summed E-state index contributed by atoms with van der Waals surface area (Å²) in [6.45, 7) is 0.539. The monoisotopic (exact) mass is 245 g/mol. The van der Waals surface area contributed by atoms with Crippen LogP contribution >= 0.6 is 12.4 Å². The summed E-state index contributed by atoms with van der Waals surface area (Å²) < 4.78 is 10.6. The molecule has 0 radical (unpaired) electrons. The van der Waals surface area contributed by atoms with Gasteiger partial charge in [0.05, 0.1) is 19.8 Å². The molecule has 0 fully saturated rings. The van der Waals surface area contributed by atoms with Gasteiger partial charge in [-0.15, -0.1) is 12.4 Å². The minimum Gasteiger partial charge on any atom is -0.497 e. The Morgan fingerprint density at radius 3 is 2.94 bits per heavy atom. The highest BCUT2D eigenvalue weighted by Crippen LogP contribution is 2.33. The molecule has 2 atom stereocenters. The standard InChI is InChI=1S/C11H15NO3.ClH/c1-14-7-2-3-10-8(6-7)11(13)9(12)4-5-15-10;/h2-3,6,9,11,13H,4-5,12H2,1H3;1H. The third-order valence-electron chi connectivity index (χ3n) is 2.65. The molecule has 1 aliphatic rings. The molecule has 0 amide bonds. The summed E-state index contributed by atoms with van der Waals surface area (Å²) in [5, 5.41) is 9.97. The highest BCUT2D eigenvalue weighted by molar-refractivity contribution is 5.85. The number of aliphatic hydroxyl groups is 1. The van der Waals surface area contributed by atoms with E-state index in [0.717, 1.165) is 0 Å². The van der Waals surface area contributed by atoms with Gasteiger partial charge >= 0.3 is 0 Å². The number of nitrogens with two attached hydrogens (primary N) is 1. The molecule has 3 N–H and O–H groups in total. The molecule has 1 heterocycles. The van der Waals surface area contributed by atoms with E-state index in [4.69, 9.17) is 15.2 Å². The molecule has 0 saturated heterocycles. The minimum absolute atomic E-state index is 0. The number of rotatable bonds is 1. The number of fused-ring (bicyclic) bond motifs is 1. The van der Waals surface area contributed by atoms with Crippen LogP contribution in [-0.2, 0) is 0 Å². The molecule has 1 aliphatic heterocycles. The van der Waals surface area contributed by atoms with Crippen LogP contribution < -0.4 is 15.2 Å². The average molecular weight is 246 g/mol. The third kappa shape index (κ3) is 2.40. The quantitative estimate of drug-likeness (QED) is 0.782. The van der Waals surface area contributed by atoms with Crippen molar-refractivity contribution in [2.24, 2.45) is 5.73 Å². The van der Waals surface area contributed by atoms with Gasteiger partial charge in [0, 0.05) is 11.6 Å². The number of hydrogen-bond acceptors (Lipinski definition) is 4. The lowest BCUT2D eigenvalue weighted by Gasteiger charge is -2.16. The molecule has 16 heavy (non-hydrogen) atoms. The molecule has 2 rings (SSSR count). The second-order valence-electron chi connectivity index (χ2n) is 3.65. The second-order valence-corrected chi connectivity index (χ2v) is 3.65. The van der Waals surface area contributed by atoms with Crippen molar-refractivity contribution in [3.8, 4) is 11.5 Å². The van der Waals surface area contributed by atoms with Crippen molar-refractivity contribution < 1.29 is 14.6 Å². The van der Waals surface area contributed by atoms with Crippen molar-refractivity contribution in [1.29, 1.82) is 0 Å². The van der Waals surface area contributed by atoms with Gasteiger partial charge in [-0.05, 0) is 24.6 Å². The maximum atomic E-state index is 9.97.